The summed E-state index contributed by atoms with van der Waals surface area (Å²) < 4.78 is 22.0. The van der Waals surface area contributed by atoms with Crippen LogP contribution in [0, 0.1) is 11.3 Å². The molecule has 0 amide bonds. The molecule has 1 unspecified atom stereocenters. The summed E-state index contributed by atoms with van der Waals surface area (Å²) in [6.45, 7) is 13.8. The van der Waals surface area contributed by atoms with E-state index < -0.39 is 35.7 Å². The lowest BCUT2D eigenvalue weighted by atomic mass is 9.72. The molecule has 1 aliphatic carbocycles. The van der Waals surface area contributed by atoms with Gasteiger partial charge in [-0.25, -0.2) is 0 Å². The highest BCUT2D eigenvalue weighted by Crippen LogP contribution is 2.48. The first-order chi connectivity index (χ1) is 11.9. The summed E-state index contributed by atoms with van der Waals surface area (Å²) in [5, 5.41) is 0. The van der Waals surface area contributed by atoms with Gasteiger partial charge in [0.2, 0.25) is 0 Å². The molecule has 26 heavy (non-hydrogen) atoms. The topological polar surface area (TPSA) is 71.1 Å². The summed E-state index contributed by atoms with van der Waals surface area (Å²) in [5.74, 6) is -1.38. The fraction of sp³-hybridized carbons (Fsp3) is 0.684. The average Bonchev–Trinajstić information content (AvgIpc) is 3.01. The van der Waals surface area contributed by atoms with Gasteiger partial charge in [-0.3, -0.25) is 9.59 Å². The largest absolute Gasteiger partial charge is 0.468 e. The van der Waals surface area contributed by atoms with Crippen molar-refractivity contribution in [1.29, 1.82) is 0 Å². The van der Waals surface area contributed by atoms with Crippen molar-refractivity contribution in [3.05, 3.63) is 23.8 Å². The van der Waals surface area contributed by atoms with Gasteiger partial charge in [-0.05, 0) is 58.9 Å². The van der Waals surface area contributed by atoms with E-state index in [1.54, 1.807) is 6.08 Å². The van der Waals surface area contributed by atoms with Crippen molar-refractivity contribution in [1.82, 2.24) is 0 Å². The third-order valence-corrected chi connectivity index (χ3v) is 5.78. The van der Waals surface area contributed by atoms with E-state index in [9.17, 15) is 9.59 Å². The number of carbonyl (C=O) groups excluding carboxylic acids is 2. The zero-order valence-corrected chi connectivity index (χ0v) is 16.8. The SMILES string of the molecule is C=C(C)C1=CC(C(=O)OC)(C(=O)OC)CC1CB1OC(C)(C)C(C)(C)O1. The molecule has 144 valence electrons. The van der Waals surface area contributed by atoms with Crippen molar-refractivity contribution < 1.29 is 28.4 Å². The van der Waals surface area contributed by atoms with Gasteiger partial charge >= 0.3 is 19.1 Å². The van der Waals surface area contributed by atoms with E-state index in [4.69, 9.17) is 18.8 Å². The summed E-state index contributed by atoms with van der Waals surface area (Å²) in [5.41, 5.74) is -0.695. The van der Waals surface area contributed by atoms with Gasteiger partial charge in [0.15, 0.2) is 5.41 Å². The molecule has 0 spiro atoms. The number of ether oxygens (including phenoxy) is 2. The second kappa shape index (κ2) is 6.85. The molecule has 2 aliphatic rings. The summed E-state index contributed by atoms with van der Waals surface area (Å²) in [6, 6.07) is 0. The van der Waals surface area contributed by atoms with Crippen LogP contribution in [-0.2, 0) is 28.4 Å². The molecule has 0 radical (unpaired) electrons. The number of methoxy groups -OCH3 is 2. The van der Waals surface area contributed by atoms with Gasteiger partial charge in [0, 0.05) is 0 Å². The molecule has 0 aromatic rings. The molecule has 1 heterocycles. The second-order valence-electron chi connectivity index (χ2n) is 8.16. The zero-order chi connectivity index (χ0) is 19.9. The molecule has 6 nitrogen and oxygen atoms in total. The van der Waals surface area contributed by atoms with Crippen LogP contribution in [0.4, 0.5) is 0 Å². The molecule has 0 N–H and O–H groups in total. The van der Waals surface area contributed by atoms with Crippen LogP contribution in [0.2, 0.25) is 6.32 Å². The third-order valence-electron chi connectivity index (χ3n) is 5.78. The molecule has 0 aromatic heterocycles. The van der Waals surface area contributed by atoms with Crippen LogP contribution in [0.1, 0.15) is 41.0 Å². The second-order valence-corrected chi connectivity index (χ2v) is 8.16. The summed E-state index contributed by atoms with van der Waals surface area (Å²) >= 11 is 0. The minimum Gasteiger partial charge on any atom is -0.468 e. The molecular formula is C19H29BO6. The van der Waals surface area contributed by atoms with Gasteiger partial charge < -0.3 is 18.8 Å². The first-order valence-electron chi connectivity index (χ1n) is 8.81. The third kappa shape index (κ3) is 3.34. The molecule has 0 saturated carbocycles. The van der Waals surface area contributed by atoms with E-state index in [0.717, 1.165) is 11.1 Å². The Kier molecular flexibility index (Phi) is 5.46. The van der Waals surface area contributed by atoms with Gasteiger partial charge in [-0.1, -0.05) is 18.2 Å². The molecule has 2 rings (SSSR count). The lowest BCUT2D eigenvalue weighted by Gasteiger charge is -2.32. The number of hydrogen-bond donors (Lipinski definition) is 0. The Morgan fingerprint density at radius 2 is 1.62 bits per heavy atom. The van der Waals surface area contributed by atoms with Gasteiger partial charge in [0.05, 0.1) is 25.4 Å². The summed E-state index contributed by atoms with van der Waals surface area (Å²) in [4.78, 5) is 24.9. The fourth-order valence-corrected chi connectivity index (χ4v) is 3.65. The monoisotopic (exact) mass is 364 g/mol. The van der Waals surface area contributed by atoms with Gasteiger partial charge in [0.1, 0.15) is 0 Å². The van der Waals surface area contributed by atoms with E-state index in [2.05, 4.69) is 6.58 Å². The van der Waals surface area contributed by atoms with Crippen LogP contribution >= 0.6 is 0 Å². The standard InChI is InChI=1S/C19H29BO6/c1-12(2)14-10-19(15(21)23-7,16(22)24-8)9-13(14)11-20-25-17(3,4)18(5,6)26-20/h10,13H,1,9,11H2,2-8H3. The number of rotatable bonds is 5. The zero-order valence-electron chi connectivity index (χ0n) is 16.8. The fourth-order valence-electron chi connectivity index (χ4n) is 3.65. The lowest BCUT2D eigenvalue weighted by Crippen LogP contribution is -2.41. The van der Waals surface area contributed by atoms with E-state index in [-0.39, 0.29) is 12.3 Å². The molecule has 1 aliphatic heterocycles. The van der Waals surface area contributed by atoms with E-state index in [1.807, 2.05) is 34.6 Å². The summed E-state index contributed by atoms with van der Waals surface area (Å²) in [6.07, 6.45) is 2.41. The van der Waals surface area contributed by atoms with Crippen molar-refractivity contribution in [2.24, 2.45) is 11.3 Å². The first kappa shape index (κ1) is 20.7. The van der Waals surface area contributed by atoms with E-state index >= 15 is 0 Å². The Balaban J connectivity index is 2.31. The molecule has 0 aromatic carbocycles. The number of allylic oxidation sites excluding steroid dienone is 2. The number of carbonyl (C=O) groups is 2. The average molecular weight is 364 g/mol. The van der Waals surface area contributed by atoms with Crippen molar-refractivity contribution >= 4 is 19.1 Å². The Labute approximate surface area is 156 Å². The quantitative estimate of drug-likeness (QED) is 0.424. The highest BCUT2D eigenvalue weighted by Gasteiger charge is 2.56. The van der Waals surface area contributed by atoms with Crippen molar-refractivity contribution in [3.8, 4) is 0 Å². The van der Waals surface area contributed by atoms with Gasteiger partial charge in [-0.2, -0.15) is 0 Å². The molecule has 7 heteroatoms. The molecule has 1 saturated heterocycles. The van der Waals surface area contributed by atoms with Crippen LogP contribution < -0.4 is 0 Å². The number of esters is 2. The normalized spacial score (nSPS) is 25.6. The highest BCUT2D eigenvalue weighted by molar-refractivity contribution is 6.45. The maximum atomic E-state index is 12.4. The highest BCUT2D eigenvalue weighted by atomic mass is 16.7. The Morgan fingerprint density at radius 3 is 2.00 bits per heavy atom. The van der Waals surface area contributed by atoms with E-state index in [0.29, 0.717) is 6.32 Å². The Bertz CT molecular complexity index is 616. The van der Waals surface area contributed by atoms with Gasteiger partial charge in [0.25, 0.3) is 0 Å². The van der Waals surface area contributed by atoms with Crippen LogP contribution in [0.3, 0.4) is 0 Å². The van der Waals surface area contributed by atoms with E-state index in [1.165, 1.54) is 14.2 Å². The minimum absolute atomic E-state index is 0.125. The molecule has 1 atom stereocenters. The Morgan fingerprint density at radius 1 is 1.15 bits per heavy atom. The predicted octanol–water partition coefficient (Wildman–Crippen LogP) is 2.93. The maximum Gasteiger partial charge on any atom is 0.458 e. The van der Waals surface area contributed by atoms with Crippen LogP contribution in [-0.4, -0.2) is 44.5 Å². The smallest absolute Gasteiger partial charge is 0.458 e. The molecule has 0 bridgehead atoms. The Hall–Kier alpha value is -1.60. The van der Waals surface area contributed by atoms with Gasteiger partial charge in [-0.15, -0.1) is 0 Å². The van der Waals surface area contributed by atoms with Crippen LogP contribution in [0.25, 0.3) is 0 Å². The number of hydrogen-bond acceptors (Lipinski definition) is 6. The van der Waals surface area contributed by atoms with Crippen molar-refractivity contribution in [2.75, 3.05) is 14.2 Å². The molecular weight excluding hydrogens is 335 g/mol. The minimum atomic E-state index is -1.45. The predicted molar refractivity (Wildman–Crippen MR) is 98.4 cm³/mol. The summed E-state index contributed by atoms with van der Waals surface area (Å²) in [7, 11) is 2.10. The van der Waals surface area contributed by atoms with Crippen molar-refractivity contribution in [2.45, 2.75) is 58.6 Å². The van der Waals surface area contributed by atoms with Crippen LogP contribution in [0.5, 0.6) is 0 Å². The first-order valence-corrected chi connectivity index (χ1v) is 8.81. The van der Waals surface area contributed by atoms with Crippen molar-refractivity contribution in [3.63, 3.8) is 0 Å². The molecule has 1 fully saturated rings. The van der Waals surface area contributed by atoms with Crippen LogP contribution in [0.15, 0.2) is 23.8 Å². The lowest BCUT2D eigenvalue weighted by molar-refractivity contribution is -0.165. The maximum absolute atomic E-state index is 12.4.